The van der Waals surface area contributed by atoms with E-state index in [-0.39, 0.29) is 5.04 Å². The summed E-state index contributed by atoms with van der Waals surface area (Å²) in [5.41, 5.74) is 6.12. The summed E-state index contributed by atoms with van der Waals surface area (Å²) in [7, 11) is -2.14. The van der Waals surface area contributed by atoms with E-state index in [4.69, 9.17) is 23.9 Å². The van der Waals surface area contributed by atoms with Crippen molar-refractivity contribution >= 4 is 31.7 Å². The zero-order valence-electron chi connectivity index (χ0n) is 31.2. The molecule has 11 heteroatoms. The summed E-state index contributed by atoms with van der Waals surface area (Å²) in [4.78, 5) is 29.9. The Morgan fingerprint density at radius 2 is 1.92 bits per heavy atom. The van der Waals surface area contributed by atoms with Crippen LogP contribution in [0.25, 0.3) is 11.3 Å². The van der Waals surface area contributed by atoms with Crippen LogP contribution in [0.1, 0.15) is 95.8 Å². The summed E-state index contributed by atoms with van der Waals surface area (Å²) >= 11 is 0. The Morgan fingerprint density at radius 1 is 1.16 bits per heavy atom. The molecule has 6 rings (SSSR count). The molecule has 3 aromatic rings. The molecule has 4 heterocycles. The average molecular weight is 697 g/mol. The van der Waals surface area contributed by atoms with E-state index in [1.165, 1.54) is 12.8 Å². The van der Waals surface area contributed by atoms with Crippen molar-refractivity contribution in [3.05, 3.63) is 58.5 Å². The SMILES string of the molecule is CC(C)(C)OC(=O)N1C[C@](C)(CO[Si](C)(C)C(C)(C)C)c2cc(-c3ccnc(Nc4cc5c(nc4CCC4CC4)CCOC5)n3)cc(C#N)c21. The largest absolute Gasteiger partial charge is 0.443 e. The van der Waals surface area contributed by atoms with Gasteiger partial charge in [0, 0.05) is 48.0 Å². The molecule has 10 nitrogen and oxygen atoms in total. The summed E-state index contributed by atoms with van der Waals surface area (Å²) in [5.74, 6) is 1.24. The van der Waals surface area contributed by atoms with Crippen molar-refractivity contribution in [2.45, 2.75) is 116 Å². The van der Waals surface area contributed by atoms with Crippen LogP contribution in [0, 0.1) is 17.2 Å². The van der Waals surface area contributed by atoms with Crippen LogP contribution in [-0.2, 0) is 38.8 Å². The van der Waals surface area contributed by atoms with Gasteiger partial charge in [0.2, 0.25) is 5.95 Å². The fourth-order valence-corrected chi connectivity index (χ4v) is 7.47. The first kappa shape index (κ1) is 36.0. The molecular weight excluding hydrogens is 645 g/mol. The van der Waals surface area contributed by atoms with E-state index in [1.54, 1.807) is 11.1 Å². The van der Waals surface area contributed by atoms with E-state index in [0.717, 1.165) is 58.9 Å². The first-order valence-corrected chi connectivity index (χ1v) is 20.8. The van der Waals surface area contributed by atoms with Crippen molar-refractivity contribution in [1.29, 1.82) is 5.26 Å². The molecule has 1 aliphatic carbocycles. The monoisotopic (exact) mass is 696 g/mol. The first-order chi connectivity index (χ1) is 23.5. The lowest BCUT2D eigenvalue weighted by atomic mass is 9.83. The number of nitrogens with one attached hydrogen (secondary N) is 1. The molecule has 1 aromatic carbocycles. The number of rotatable bonds is 9. The van der Waals surface area contributed by atoms with Crippen molar-refractivity contribution in [2.24, 2.45) is 5.92 Å². The highest BCUT2D eigenvalue weighted by molar-refractivity contribution is 6.74. The summed E-state index contributed by atoms with van der Waals surface area (Å²) in [6, 6.07) is 10.2. The Balaban J connectivity index is 1.37. The minimum absolute atomic E-state index is 0.0119. The van der Waals surface area contributed by atoms with Gasteiger partial charge in [0.05, 0.1) is 41.5 Å². The number of amides is 1. The van der Waals surface area contributed by atoms with E-state index >= 15 is 0 Å². The molecule has 1 saturated carbocycles. The van der Waals surface area contributed by atoms with Crippen LogP contribution in [0.4, 0.5) is 22.1 Å². The summed E-state index contributed by atoms with van der Waals surface area (Å²) in [6.45, 7) is 20.7. The van der Waals surface area contributed by atoms with E-state index in [0.29, 0.717) is 49.3 Å². The molecule has 2 aliphatic heterocycles. The number of carbonyl (C=O) groups is 1. The highest BCUT2D eigenvalue weighted by atomic mass is 28.4. The number of nitriles is 1. The molecule has 1 atom stereocenters. The topological polar surface area (TPSA) is 122 Å². The van der Waals surface area contributed by atoms with E-state index < -0.39 is 25.4 Å². The Hall–Kier alpha value is -3.85. The summed E-state index contributed by atoms with van der Waals surface area (Å²) < 4.78 is 18.4. The number of aromatic nitrogens is 3. The van der Waals surface area contributed by atoms with Crippen molar-refractivity contribution < 1.29 is 18.7 Å². The zero-order valence-corrected chi connectivity index (χ0v) is 32.2. The molecule has 0 saturated heterocycles. The molecule has 0 spiro atoms. The van der Waals surface area contributed by atoms with Gasteiger partial charge in [0.25, 0.3) is 0 Å². The maximum Gasteiger partial charge on any atom is 0.414 e. The number of ether oxygens (including phenoxy) is 2. The van der Waals surface area contributed by atoms with Gasteiger partial charge in [-0.3, -0.25) is 9.88 Å². The number of anilines is 3. The fraction of sp³-hybridized carbons (Fsp3) is 0.564. The number of fused-ring (bicyclic) bond motifs is 2. The van der Waals surface area contributed by atoms with Crippen LogP contribution < -0.4 is 10.2 Å². The molecule has 1 N–H and O–H groups in total. The highest BCUT2D eigenvalue weighted by Crippen LogP contribution is 2.47. The third kappa shape index (κ3) is 7.72. The summed E-state index contributed by atoms with van der Waals surface area (Å²) in [5, 5.41) is 14.0. The molecule has 0 bridgehead atoms. The Bertz CT molecular complexity index is 1820. The molecular formula is C39H52N6O4Si. The molecule has 3 aliphatic rings. The summed E-state index contributed by atoms with van der Waals surface area (Å²) in [6.07, 6.45) is 6.71. The fourth-order valence-electron chi connectivity index (χ4n) is 6.36. The van der Waals surface area contributed by atoms with Crippen LogP contribution in [0.5, 0.6) is 0 Å². The van der Waals surface area contributed by atoms with Gasteiger partial charge in [-0.1, -0.05) is 40.5 Å². The third-order valence-corrected chi connectivity index (χ3v) is 15.0. The molecule has 1 amide bonds. The minimum atomic E-state index is -2.14. The normalized spacial score (nSPS) is 19.1. The lowest BCUT2D eigenvalue weighted by molar-refractivity contribution is 0.0575. The van der Waals surface area contributed by atoms with Gasteiger partial charge in [0.1, 0.15) is 11.7 Å². The van der Waals surface area contributed by atoms with Gasteiger partial charge >= 0.3 is 6.09 Å². The van der Waals surface area contributed by atoms with Crippen molar-refractivity contribution in [3.63, 3.8) is 0 Å². The van der Waals surface area contributed by atoms with Gasteiger partial charge < -0.3 is 19.2 Å². The number of pyridine rings is 1. The third-order valence-electron chi connectivity index (χ3n) is 10.5. The van der Waals surface area contributed by atoms with Gasteiger partial charge in [-0.15, -0.1) is 0 Å². The number of aryl methyl sites for hydroxylation is 1. The highest BCUT2D eigenvalue weighted by Gasteiger charge is 2.47. The van der Waals surface area contributed by atoms with Crippen molar-refractivity contribution in [1.82, 2.24) is 15.0 Å². The van der Waals surface area contributed by atoms with Crippen LogP contribution in [0.3, 0.4) is 0 Å². The molecule has 0 unspecified atom stereocenters. The zero-order chi connectivity index (χ0) is 36.1. The molecule has 0 radical (unpaired) electrons. The second-order valence-electron chi connectivity index (χ2n) is 17.0. The van der Waals surface area contributed by atoms with Crippen LogP contribution in [0.2, 0.25) is 18.1 Å². The predicted octanol–water partition coefficient (Wildman–Crippen LogP) is 8.60. The number of carbonyl (C=O) groups excluding carboxylic acids is 1. The van der Waals surface area contributed by atoms with Gasteiger partial charge in [-0.05, 0) is 87.5 Å². The van der Waals surface area contributed by atoms with Gasteiger partial charge in [0.15, 0.2) is 8.32 Å². The van der Waals surface area contributed by atoms with Crippen LogP contribution in [0.15, 0.2) is 30.5 Å². The Morgan fingerprint density at radius 3 is 2.60 bits per heavy atom. The van der Waals surface area contributed by atoms with E-state index in [9.17, 15) is 10.1 Å². The maximum absolute atomic E-state index is 13.6. The Kier molecular flexibility index (Phi) is 9.61. The number of nitrogens with zero attached hydrogens (tertiary/aromatic N) is 5. The first-order valence-electron chi connectivity index (χ1n) is 17.9. The second kappa shape index (κ2) is 13.4. The van der Waals surface area contributed by atoms with Gasteiger partial charge in [-0.25, -0.2) is 14.8 Å². The maximum atomic E-state index is 13.6. The smallest absolute Gasteiger partial charge is 0.414 e. The van der Waals surface area contributed by atoms with Gasteiger partial charge in [-0.2, -0.15) is 5.26 Å². The molecule has 1 fully saturated rings. The predicted molar refractivity (Wildman–Crippen MR) is 198 cm³/mol. The van der Waals surface area contributed by atoms with E-state index in [2.05, 4.69) is 69.3 Å². The quantitative estimate of drug-likeness (QED) is 0.219. The van der Waals surface area contributed by atoms with Crippen LogP contribution >= 0.6 is 0 Å². The number of benzene rings is 1. The lowest BCUT2D eigenvalue weighted by Gasteiger charge is -2.39. The lowest BCUT2D eigenvalue weighted by Crippen LogP contribution is -2.46. The molecule has 2 aromatic heterocycles. The minimum Gasteiger partial charge on any atom is -0.443 e. The second-order valence-corrected chi connectivity index (χ2v) is 21.8. The molecule has 50 heavy (non-hydrogen) atoms. The standard InChI is InChI=1S/C39H52N6O4Si/c1-37(2,3)49-36(46)45-23-39(7,24-48-50(8,9)38(4,5)6)29-19-26(18-27(21-40)34(29)45)30-14-16-41-35(43-30)44-33-20-28-22-47-17-15-31(28)42-32(33)13-12-25-10-11-25/h14,16,18-20,25H,10-13,15,17,22-24H2,1-9H3,(H,41,43,44)/t39-/m1/s1. The average Bonchev–Trinajstić information content (AvgIpc) is 3.83. The molecule has 266 valence electrons. The van der Waals surface area contributed by atoms with Crippen LogP contribution in [-0.4, -0.2) is 54.7 Å². The number of hydrogen-bond donors (Lipinski definition) is 1. The van der Waals surface area contributed by atoms with Crippen molar-refractivity contribution in [3.8, 4) is 17.3 Å². The van der Waals surface area contributed by atoms with E-state index in [1.807, 2.05) is 32.9 Å². The Labute approximate surface area is 298 Å². The number of hydrogen-bond acceptors (Lipinski definition) is 9. The van der Waals surface area contributed by atoms with Crippen molar-refractivity contribution in [2.75, 3.05) is 30.0 Å².